The molecular formula is C18H26I2. The molecule has 0 aromatic carbocycles. The minimum Gasteiger partial charge on any atom is -0.0958 e. The fourth-order valence-electron chi connectivity index (χ4n) is 2.66. The molecule has 0 nitrogen and oxygen atoms in total. The van der Waals surface area contributed by atoms with Crippen molar-refractivity contribution < 1.29 is 0 Å². The zero-order chi connectivity index (χ0) is 15.3. The van der Waals surface area contributed by atoms with Crippen molar-refractivity contribution in [1.82, 2.24) is 0 Å². The van der Waals surface area contributed by atoms with Crippen molar-refractivity contribution in [1.29, 1.82) is 0 Å². The Hall–Kier alpha value is 0.420. The Morgan fingerprint density at radius 3 is 2.45 bits per heavy atom. The summed E-state index contributed by atoms with van der Waals surface area (Å²) in [6.07, 6.45) is 11.6. The van der Waals surface area contributed by atoms with Crippen LogP contribution >= 0.6 is 45.2 Å². The topological polar surface area (TPSA) is 0 Å². The average Bonchev–Trinajstić information content (AvgIpc) is 2.38. The Labute approximate surface area is 152 Å². The summed E-state index contributed by atoms with van der Waals surface area (Å²) in [6.45, 7) is 13.1. The van der Waals surface area contributed by atoms with Crippen LogP contribution in [0.3, 0.4) is 0 Å². The van der Waals surface area contributed by atoms with Gasteiger partial charge in [0.05, 0.1) is 1.43 Å². The van der Waals surface area contributed by atoms with Crippen LogP contribution in [0.1, 0.15) is 53.4 Å². The minimum absolute atomic E-state index is 0.164. The maximum absolute atomic E-state index is 4.14. The number of alkyl halides is 2. The van der Waals surface area contributed by atoms with Gasteiger partial charge in [0.1, 0.15) is 0 Å². The van der Waals surface area contributed by atoms with Crippen LogP contribution in [0.25, 0.3) is 0 Å². The fraction of sp³-hybridized carbons (Fsp3) is 0.556. The molecule has 0 saturated carbocycles. The predicted molar refractivity (Wildman–Crippen MR) is 109 cm³/mol. The number of halogens is 2. The maximum Gasteiger partial charge on any atom is 0.0920 e. The Balaban J connectivity index is 3.05. The van der Waals surface area contributed by atoms with E-state index in [1.807, 2.05) is 0 Å². The summed E-state index contributed by atoms with van der Waals surface area (Å²) in [4.78, 5) is 0. The lowest BCUT2D eigenvalue weighted by atomic mass is 9.83. The van der Waals surface area contributed by atoms with E-state index in [1.165, 1.54) is 30.4 Å². The summed E-state index contributed by atoms with van der Waals surface area (Å²) in [5, 5.41) is 0. The Bertz CT molecular complexity index is 445. The number of hydrogen-bond acceptors (Lipinski definition) is 0. The SMILES string of the molecule is C=C(C)/C(C)=C(\C[C@@H](CC)C1=CC=CCC1)C(C)(I)I. The number of allylic oxidation sites excluding steroid dienone is 7. The zero-order valence-corrected chi connectivity index (χ0v) is 17.4. The Kier molecular flexibility index (Phi) is 7.53. The lowest BCUT2D eigenvalue weighted by Gasteiger charge is -2.28. The van der Waals surface area contributed by atoms with Crippen molar-refractivity contribution in [2.24, 2.45) is 5.92 Å². The van der Waals surface area contributed by atoms with Gasteiger partial charge in [-0.2, -0.15) is 0 Å². The number of hydrogen-bond donors (Lipinski definition) is 0. The molecule has 0 N–H and O–H groups in total. The second-order valence-electron chi connectivity index (χ2n) is 5.79. The molecule has 1 rings (SSSR count). The van der Waals surface area contributed by atoms with E-state index < -0.39 is 0 Å². The van der Waals surface area contributed by atoms with Gasteiger partial charge in [0.25, 0.3) is 0 Å². The van der Waals surface area contributed by atoms with Gasteiger partial charge in [-0.15, -0.1) is 0 Å². The van der Waals surface area contributed by atoms with Crippen LogP contribution in [0, 0.1) is 5.92 Å². The molecule has 0 fully saturated rings. The molecule has 0 amide bonds. The molecule has 20 heavy (non-hydrogen) atoms. The summed E-state index contributed by atoms with van der Waals surface area (Å²) in [7, 11) is 0. The lowest BCUT2D eigenvalue weighted by Crippen LogP contribution is -2.17. The van der Waals surface area contributed by atoms with E-state index in [0.717, 1.165) is 6.42 Å². The van der Waals surface area contributed by atoms with Crippen LogP contribution in [0.4, 0.5) is 0 Å². The summed E-state index contributed by atoms with van der Waals surface area (Å²) in [5.41, 5.74) is 5.76. The molecule has 1 aliphatic rings. The highest BCUT2D eigenvalue weighted by molar-refractivity contribution is 14.2. The first-order chi connectivity index (χ1) is 9.27. The van der Waals surface area contributed by atoms with Crippen molar-refractivity contribution in [3.63, 3.8) is 0 Å². The van der Waals surface area contributed by atoms with Gasteiger partial charge in [-0.05, 0) is 63.5 Å². The van der Waals surface area contributed by atoms with E-state index >= 15 is 0 Å². The van der Waals surface area contributed by atoms with Crippen LogP contribution in [-0.2, 0) is 0 Å². The van der Waals surface area contributed by atoms with Crippen LogP contribution < -0.4 is 0 Å². The Morgan fingerprint density at radius 1 is 1.40 bits per heavy atom. The van der Waals surface area contributed by atoms with Crippen molar-refractivity contribution in [3.8, 4) is 0 Å². The molecule has 1 aliphatic carbocycles. The molecule has 0 spiro atoms. The molecule has 112 valence electrons. The normalized spacial score (nSPS) is 18.4. The van der Waals surface area contributed by atoms with Gasteiger partial charge in [-0.3, -0.25) is 0 Å². The quantitative estimate of drug-likeness (QED) is 0.208. The van der Waals surface area contributed by atoms with Crippen molar-refractivity contribution >= 4 is 45.2 Å². The maximum atomic E-state index is 4.14. The van der Waals surface area contributed by atoms with Gasteiger partial charge < -0.3 is 0 Å². The lowest BCUT2D eigenvalue weighted by molar-refractivity contribution is 0.553. The molecule has 1 atom stereocenters. The molecular weight excluding hydrogens is 470 g/mol. The van der Waals surface area contributed by atoms with Crippen molar-refractivity contribution in [2.45, 2.75) is 54.8 Å². The van der Waals surface area contributed by atoms with E-state index in [9.17, 15) is 0 Å². The minimum atomic E-state index is 0.164. The van der Waals surface area contributed by atoms with Crippen LogP contribution in [0.2, 0.25) is 0 Å². The first-order valence-corrected chi connectivity index (χ1v) is 9.52. The zero-order valence-electron chi connectivity index (χ0n) is 13.1. The van der Waals surface area contributed by atoms with E-state index in [2.05, 4.69) is 97.7 Å². The molecule has 0 unspecified atom stereocenters. The van der Waals surface area contributed by atoms with E-state index in [0.29, 0.717) is 5.92 Å². The highest BCUT2D eigenvalue weighted by Gasteiger charge is 2.27. The molecule has 0 bridgehead atoms. The summed E-state index contributed by atoms with van der Waals surface area (Å²) < 4.78 is 0.164. The predicted octanol–water partition coefficient (Wildman–Crippen LogP) is 7.16. The first kappa shape index (κ1) is 18.5. The van der Waals surface area contributed by atoms with Gasteiger partial charge in [-0.1, -0.05) is 88.1 Å². The molecule has 0 aromatic rings. The monoisotopic (exact) mass is 496 g/mol. The van der Waals surface area contributed by atoms with Gasteiger partial charge in [0.2, 0.25) is 0 Å². The average molecular weight is 496 g/mol. The van der Waals surface area contributed by atoms with Gasteiger partial charge in [0.15, 0.2) is 0 Å². The second-order valence-corrected chi connectivity index (χ2v) is 12.2. The third kappa shape index (κ3) is 5.32. The smallest absolute Gasteiger partial charge is 0.0920 e. The standard InChI is InChI=1S/C18H26I2/c1-6-15(16-10-8-7-9-11-16)12-17(18(5,19)20)14(4)13(2)3/h7-8,10,15H,2,6,9,11-12H2,1,3-5H3/b17-14+/t15-/m1/s1. The Morgan fingerprint density at radius 2 is 2.05 bits per heavy atom. The van der Waals surface area contributed by atoms with Crippen molar-refractivity contribution in [2.75, 3.05) is 0 Å². The van der Waals surface area contributed by atoms with E-state index in [1.54, 1.807) is 11.1 Å². The van der Waals surface area contributed by atoms with Crippen molar-refractivity contribution in [3.05, 3.63) is 47.1 Å². The first-order valence-electron chi connectivity index (χ1n) is 7.36. The van der Waals surface area contributed by atoms with Crippen LogP contribution in [-0.4, -0.2) is 1.43 Å². The second kappa shape index (κ2) is 8.16. The summed E-state index contributed by atoms with van der Waals surface area (Å²) in [5.74, 6) is 0.674. The molecule has 0 heterocycles. The van der Waals surface area contributed by atoms with E-state index in [4.69, 9.17) is 0 Å². The van der Waals surface area contributed by atoms with Crippen LogP contribution in [0.5, 0.6) is 0 Å². The molecule has 0 saturated heterocycles. The highest BCUT2D eigenvalue weighted by atomic mass is 127. The molecule has 0 radical (unpaired) electrons. The van der Waals surface area contributed by atoms with Gasteiger partial charge >= 0.3 is 0 Å². The highest BCUT2D eigenvalue weighted by Crippen LogP contribution is 2.43. The van der Waals surface area contributed by atoms with Gasteiger partial charge in [0, 0.05) is 0 Å². The number of rotatable bonds is 6. The van der Waals surface area contributed by atoms with Gasteiger partial charge in [-0.25, -0.2) is 0 Å². The summed E-state index contributed by atoms with van der Waals surface area (Å²) in [6, 6.07) is 0. The van der Waals surface area contributed by atoms with E-state index in [-0.39, 0.29) is 1.43 Å². The van der Waals surface area contributed by atoms with Crippen LogP contribution in [0.15, 0.2) is 47.1 Å². The largest absolute Gasteiger partial charge is 0.0958 e. The fourth-order valence-corrected chi connectivity index (χ4v) is 3.91. The third-order valence-electron chi connectivity index (χ3n) is 4.14. The third-order valence-corrected chi connectivity index (χ3v) is 5.44. The molecule has 0 aromatic heterocycles. The summed E-state index contributed by atoms with van der Waals surface area (Å²) >= 11 is 5.12. The molecule has 0 aliphatic heterocycles. The molecule has 2 heteroatoms.